The van der Waals surface area contributed by atoms with Gasteiger partial charge in [-0.15, -0.1) is 0 Å². The fourth-order valence-corrected chi connectivity index (χ4v) is 6.36. The summed E-state index contributed by atoms with van der Waals surface area (Å²) in [6.45, 7) is 2.18. The number of ether oxygens (including phenoxy) is 1. The second-order valence-electron chi connectivity index (χ2n) is 8.80. The van der Waals surface area contributed by atoms with E-state index in [-0.39, 0.29) is 17.3 Å². The molecular weight excluding hydrogens is 532 g/mol. The number of amides is 1. The van der Waals surface area contributed by atoms with Crippen LogP contribution in [0.1, 0.15) is 21.6 Å². The second-order valence-corrected chi connectivity index (χ2v) is 11.8. The molecule has 0 saturated heterocycles. The highest BCUT2D eigenvalue weighted by Gasteiger charge is 2.26. The molecule has 0 aliphatic rings. The third-order valence-electron chi connectivity index (χ3n) is 6.31. The summed E-state index contributed by atoms with van der Waals surface area (Å²) < 4.78 is 34.1. The molecule has 0 saturated carbocycles. The minimum atomic E-state index is -3.81. The first-order chi connectivity index (χ1) is 18.8. The van der Waals surface area contributed by atoms with Gasteiger partial charge < -0.3 is 4.74 Å². The van der Waals surface area contributed by atoms with E-state index in [1.807, 2.05) is 43.3 Å². The number of carbonyl (C=O) groups excluding carboxylic acids is 1. The molecule has 2 aromatic heterocycles. The van der Waals surface area contributed by atoms with E-state index in [0.717, 1.165) is 10.3 Å². The van der Waals surface area contributed by atoms with Gasteiger partial charge in [-0.2, -0.15) is 0 Å². The predicted octanol–water partition coefficient (Wildman–Crippen LogP) is 5.68. The Morgan fingerprint density at radius 1 is 0.949 bits per heavy atom. The average molecular weight is 559 g/mol. The van der Waals surface area contributed by atoms with E-state index in [1.165, 1.54) is 47.0 Å². The van der Waals surface area contributed by atoms with Gasteiger partial charge in [0.2, 0.25) is 0 Å². The summed E-state index contributed by atoms with van der Waals surface area (Å²) in [4.78, 5) is 24.7. The molecule has 198 valence electrons. The minimum Gasteiger partial charge on any atom is -0.494 e. The first kappa shape index (κ1) is 26.3. The molecule has 8 nitrogen and oxygen atoms in total. The number of aromatic nitrogens is 2. The Labute approximate surface area is 231 Å². The lowest BCUT2D eigenvalue weighted by Crippen LogP contribution is -2.31. The lowest BCUT2D eigenvalue weighted by atomic mass is 10.2. The lowest BCUT2D eigenvalue weighted by molar-refractivity contribution is 0.0984. The van der Waals surface area contributed by atoms with Crippen molar-refractivity contribution in [2.45, 2.75) is 18.4 Å². The third-order valence-corrected chi connectivity index (χ3v) is 9.33. The van der Waals surface area contributed by atoms with Crippen LogP contribution in [-0.2, 0) is 16.6 Å². The van der Waals surface area contributed by atoms with E-state index in [4.69, 9.17) is 9.72 Å². The molecule has 0 fully saturated rings. The number of fused-ring (bicyclic) bond motifs is 1. The number of pyridine rings is 1. The molecule has 5 aromatic rings. The van der Waals surface area contributed by atoms with Gasteiger partial charge in [0.05, 0.1) is 34.6 Å². The van der Waals surface area contributed by atoms with E-state index in [0.29, 0.717) is 33.3 Å². The number of para-hydroxylation sites is 1. The first-order valence-corrected chi connectivity index (χ1v) is 14.3. The fraction of sp³-hybridized carbons (Fsp3) is 0.138. The molecule has 5 rings (SSSR count). The molecule has 0 bridgehead atoms. The van der Waals surface area contributed by atoms with Gasteiger partial charge in [0.15, 0.2) is 5.13 Å². The van der Waals surface area contributed by atoms with Crippen molar-refractivity contribution in [2.75, 3.05) is 23.4 Å². The molecule has 2 heterocycles. The van der Waals surface area contributed by atoms with Gasteiger partial charge in [-0.05, 0) is 67.1 Å². The molecule has 0 radical (unpaired) electrons. The molecule has 0 atom stereocenters. The van der Waals surface area contributed by atoms with Gasteiger partial charge in [-0.3, -0.25) is 19.0 Å². The van der Waals surface area contributed by atoms with Crippen LogP contribution in [-0.4, -0.2) is 38.5 Å². The monoisotopic (exact) mass is 558 g/mol. The van der Waals surface area contributed by atoms with Crippen molar-refractivity contribution in [3.63, 3.8) is 0 Å². The highest BCUT2D eigenvalue weighted by molar-refractivity contribution is 7.92. The Balaban J connectivity index is 1.51. The van der Waals surface area contributed by atoms with Crippen LogP contribution in [0.15, 0.2) is 96.0 Å². The molecule has 39 heavy (non-hydrogen) atoms. The zero-order chi connectivity index (χ0) is 27.6. The largest absolute Gasteiger partial charge is 0.494 e. The van der Waals surface area contributed by atoms with Crippen molar-refractivity contribution >= 4 is 48.3 Å². The number of sulfonamides is 1. The maximum atomic E-state index is 13.9. The molecule has 0 aliphatic heterocycles. The Morgan fingerprint density at radius 2 is 1.67 bits per heavy atom. The summed E-state index contributed by atoms with van der Waals surface area (Å²) in [6.07, 6.45) is 1.67. The molecule has 0 N–H and O–H groups in total. The zero-order valence-corrected chi connectivity index (χ0v) is 23.2. The Morgan fingerprint density at radius 3 is 2.33 bits per heavy atom. The molecule has 1 amide bonds. The Bertz CT molecular complexity index is 1720. The summed E-state index contributed by atoms with van der Waals surface area (Å²) in [5, 5.41) is 0.494. The van der Waals surface area contributed by atoms with Crippen molar-refractivity contribution < 1.29 is 17.9 Å². The number of carbonyl (C=O) groups is 1. The van der Waals surface area contributed by atoms with Gasteiger partial charge in [-0.1, -0.05) is 41.7 Å². The van der Waals surface area contributed by atoms with E-state index in [9.17, 15) is 13.2 Å². The van der Waals surface area contributed by atoms with Crippen LogP contribution < -0.4 is 13.9 Å². The Kier molecular flexibility index (Phi) is 7.32. The molecule has 10 heteroatoms. The summed E-state index contributed by atoms with van der Waals surface area (Å²) >= 11 is 1.40. The fourth-order valence-electron chi connectivity index (χ4n) is 4.12. The number of nitrogens with zero attached hydrogens (tertiary/aromatic N) is 4. The highest BCUT2D eigenvalue weighted by atomic mass is 32.2. The van der Waals surface area contributed by atoms with Gasteiger partial charge >= 0.3 is 0 Å². The number of rotatable bonds is 8. The lowest BCUT2D eigenvalue weighted by Gasteiger charge is -2.21. The highest BCUT2D eigenvalue weighted by Crippen LogP contribution is 2.37. The average Bonchev–Trinajstić information content (AvgIpc) is 3.43. The van der Waals surface area contributed by atoms with Gasteiger partial charge in [0.1, 0.15) is 11.3 Å². The quantitative estimate of drug-likeness (QED) is 0.243. The Hall–Kier alpha value is -4.28. The molecule has 0 spiro atoms. The predicted molar refractivity (Wildman–Crippen MR) is 154 cm³/mol. The molecule has 0 aliphatic carbocycles. The van der Waals surface area contributed by atoms with Crippen molar-refractivity contribution in [2.24, 2.45) is 0 Å². The summed E-state index contributed by atoms with van der Waals surface area (Å²) in [6, 6.07) is 24.1. The van der Waals surface area contributed by atoms with E-state index < -0.39 is 10.0 Å². The van der Waals surface area contributed by atoms with E-state index >= 15 is 0 Å². The van der Waals surface area contributed by atoms with Crippen molar-refractivity contribution in [3.8, 4) is 5.75 Å². The normalized spacial score (nSPS) is 11.4. The number of aryl methyl sites for hydroxylation is 1. The smallest absolute Gasteiger partial charge is 0.264 e. The van der Waals surface area contributed by atoms with Crippen LogP contribution in [0.2, 0.25) is 0 Å². The number of anilines is 2. The van der Waals surface area contributed by atoms with Crippen LogP contribution in [0.5, 0.6) is 5.75 Å². The van der Waals surface area contributed by atoms with Crippen molar-refractivity contribution in [1.82, 2.24) is 9.97 Å². The van der Waals surface area contributed by atoms with Crippen LogP contribution in [0, 0.1) is 6.92 Å². The summed E-state index contributed by atoms with van der Waals surface area (Å²) in [7, 11) is -0.721. The van der Waals surface area contributed by atoms with Crippen LogP contribution in [0.25, 0.3) is 10.2 Å². The van der Waals surface area contributed by atoms with E-state index in [1.54, 1.807) is 42.5 Å². The standard InChI is InChI=1S/C29H26N4O4S2/c1-20-12-17-25(37-3)26-27(20)38-29(31-26)33(19-22-9-7-8-18-30-22)28(34)21-13-15-24(16-14-21)39(35,36)32(2)23-10-5-4-6-11-23/h4-18H,19H2,1-3H3. The summed E-state index contributed by atoms with van der Waals surface area (Å²) in [5.41, 5.74) is 3.27. The number of methoxy groups -OCH3 is 1. The van der Waals surface area contributed by atoms with Crippen LogP contribution in [0.4, 0.5) is 10.8 Å². The number of hydrogen-bond donors (Lipinski definition) is 0. The second kappa shape index (κ2) is 10.8. The number of hydrogen-bond acceptors (Lipinski definition) is 7. The number of benzene rings is 3. The summed E-state index contributed by atoms with van der Waals surface area (Å²) in [5.74, 6) is 0.303. The molecule has 3 aromatic carbocycles. The van der Waals surface area contributed by atoms with Gasteiger partial charge in [-0.25, -0.2) is 13.4 Å². The first-order valence-electron chi connectivity index (χ1n) is 12.1. The van der Waals surface area contributed by atoms with Crippen LogP contribution in [0.3, 0.4) is 0 Å². The maximum absolute atomic E-state index is 13.9. The SMILES string of the molecule is COc1ccc(C)c2sc(N(Cc3ccccn3)C(=O)c3ccc(S(=O)(=O)N(C)c4ccccc4)cc3)nc12. The minimum absolute atomic E-state index is 0.0852. The van der Waals surface area contributed by atoms with Crippen molar-refractivity contribution in [3.05, 3.63) is 108 Å². The number of thiazole rings is 1. The van der Waals surface area contributed by atoms with Crippen molar-refractivity contribution in [1.29, 1.82) is 0 Å². The molecule has 0 unspecified atom stereocenters. The van der Waals surface area contributed by atoms with Crippen LogP contribution >= 0.6 is 11.3 Å². The maximum Gasteiger partial charge on any atom is 0.264 e. The third kappa shape index (κ3) is 5.21. The van der Waals surface area contributed by atoms with E-state index in [2.05, 4.69) is 4.98 Å². The van der Waals surface area contributed by atoms with Gasteiger partial charge in [0, 0.05) is 18.8 Å². The molecular formula is C29H26N4O4S2. The zero-order valence-electron chi connectivity index (χ0n) is 21.6. The van der Waals surface area contributed by atoms with Gasteiger partial charge in [0.25, 0.3) is 15.9 Å². The topological polar surface area (TPSA) is 92.7 Å².